The molecule has 1 aliphatic carbocycles. The largest absolute Gasteiger partial charge is 0.383 e. The van der Waals surface area contributed by atoms with Gasteiger partial charge in [-0.05, 0) is 36.5 Å². The Hall–Kier alpha value is -2.06. The molecule has 4 rings (SSSR count). The second-order valence-corrected chi connectivity index (χ2v) is 6.76. The number of ether oxygens (including phenoxy) is 1. The second kappa shape index (κ2) is 6.82. The zero-order valence-corrected chi connectivity index (χ0v) is 14.0. The van der Waals surface area contributed by atoms with Gasteiger partial charge >= 0.3 is 0 Å². The van der Waals surface area contributed by atoms with E-state index in [0.717, 1.165) is 25.1 Å². The van der Waals surface area contributed by atoms with Crippen molar-refractivity contribution in [3.8, 4) is 0 Å². The van der Waals surface area contributed by atoms with E-state index in [1.807, 2.05) is 23.2 Å². The van der Waals surface area contributed by atoms with E-state index in [9.17, 15) is 4.79 Å². The third-order valence-electron chi connectivity index (χ3n) is 4.79. The van der Waals surface area contributed by atoms with Gasteiger partial charge in [-0.15, -0.1) is 5.10 Å². The Labute approximate surface area is 144 Å². The number of hydrogen-bond donors (Lipinski definition) is 1. The highest BCUT2D eigenvalue weighted by Gasteiger charge is 2.44. The van der Waals surface area contributed by atoms with Crippen LogP contribution in [0.2, 0.25) is 0 Å². The number of pyridine rings is 1. The van der Waals surface area contributed by atoms with Crippen LogP contribution in [0.4, 0.5) is 5.69 Å². The Morgan fingerprint density at radius 2 is 2.42 bits per heavy atom. The van der Waals surface area contributed by atoms with Gasteiger partial charge in [0.25, 0.3) is 5.91 Å². The summed E-state index contributed by atoms with van der Waals surface area (Å²) in [6, 6.07) is 4.06. The molecule has 0 radical (unpaired) electrons. The highest BCUT2D eigenvalue weighted by Crippen LogP contribution is 2.35. The number of amides is 1. The highest BCUT2D eigenvalue weighted by atomic mass is 32.1. The van der Waals surface area contributed by atoms with Gasteiger partial charge < -0.3 is 15.0 Å². The highest BCUT2D eigenvalue weighted by molar-refractivity contribution is 7.03. The number of carbonyl (C=O) groups is 1. The number of nitrogens with zero attached hydrogens (tertiary/aromatic N) is 4. The SMILES string of the molecule is O=C(c1csnn1)N1CCO[C@@H]2[C@H](CNc3cccnc3)CC[C@H]21. The maximum absolute atomic E-state index is 12.6. The van der Waals surface area contributed by atoms with Crippen LogP contribution in [0.1, 0.15) is 23.3 Å². The molecule has 1 amide bonds. The van der Waals surface area contributed by atoms with Crippen molar-refractivity contribution in [3.63, 3.8) is 0 Å². The predicted molar refractivity (Wildman–Crippen MR) is 89.9 cm³/mol. The van der Waals surface area contributed by atoms with Crippen LogP contribution in [0.25, 0.3) is 0 Å². The molecule has 2 fully saturated rings. The first-order valence-corrected chi connectivity index (χ1v) is 9.00. The summed E-state index contributed by atoms with van der Waals surface area (Å²) in [6.45, 7) is 2.03. The summed E-state index contributed by atoms with van der Waals surface area (Å²) >= 11 is 1.21. The van der Waals surface area contributed by atoms with E-state index in [1.54, 1.807) is 11.6 Å². The van der Waals surface area contributed by atoms with Crippen molar-refractivity contribution in [1.82, 2.24) is 19.5 Å². The fourth-order valence-corrected chi connectivity index (χ4v) is 4.08. The molecular formula is C16H19N5O2S. The lowest BCUT2D eigenvalue weighted by Crippen LogP contribution is -2.53. The van der Waals surface area contributed by atoms with Crippen LogP contribution in [0.3, 0.4) is 0 Å². The van der Waals surface area contributed by atoms with Crippen LogP contribution in [0, 0.1) is 5.92 Å². The molecule has 0 bridgehead atoms. The Kier molecular flexibility index (Phi) is 4.40. The topological polar surface area (TPSA) is 80.2 Å². The van der Waals surface area contributed by atoms with E-state index in [2.05, 4.69) is 19.9 Å². The number of morpholine rings is 1. The summed E-state index contributed by atoms with van der Waals surface area (Å²) in [4.78, 5) is 18.7. The van der Waals surface area contributed by atoms with Crippen LogP contribution in [0.5, 0.6) is 0 Å². The summed E-state index contributed by atoms with van der Waals surface area (Å²) < 4.78 is 9.82. The minimum absolute atomic E-state index is 0.0251. The Bertz CT molecular complexity index is 681. The first-order chi connectivity index (χ1) is 11.8. The molecule has 126 valence electrons. The lowest BCUT2D eigenvalue weighted by Gasteiger charge is -2.39. The molecule has 7 nitrogen and oxygen atoms in total. The van der Waals surface area contributed by atoms with Crippen molar-refractivity contribution in [2.24, 2.45) is 5.92 Å². The van der Waals surface area contributed by atoms with E-state index < -0.39 is 0 Å². The van der Waals surface area contributed by atoms with Gasteiger partial charge in [0, 0.05) is 36.8 Å². The third-order valence-corrected chi connectivity index (χ3v) is 5.29. The number of fused-ring (bicyclic) bond motifs is 1. The normalized spacial score (nSPS) is 26.2. The molecule has 0 unspecified atom stereocenters. The van der Waals surface area contributed by atoms with Crippen molar-refractivity contribution < 1.29 is 9.53 Å². The molecule has 2 aromatic heterocycles. The van der Waals surface area contributed by atoms with Gasteiger partial charge in [-0.1, -0.05) is 4.49 Å². The summed E-state index contributed by atoms with van der Waals surface area (Å²) in [5, 5.41) is 9.05. The molecule has 8 heteroatoms. The monoisotopic (exact) mass is 345 g/mol. The first-order valence-electron chi connectivity index (χ1n) is 8.16. The smallest absolute Gasteiger partial charge is 0.275 e. The fourth-order valence-electron chi connectivity index (χ4n) is 3.65. The quantitative estimate of drug-likeness (QED) is 0.908. The van der Waals surface area contributed by atoms with Crippen molar-refractivity contribution in [2.45, 2.75) is 25.0 Å². The summed E-state index contributed by atoms with van der Waals surface area (Å²) in [7, 11) is 0. The van der Waals surface area contributed by atoms with Gasteiger partial charge in [0.05, 0.1) is 24.4 Å². The van der Waals surface area contributed by atoms with Crippen molar-refractivity contribution >= 4 is 23.1 Å². The van der Waals surface area contributed by atoms with Crippen molar-refractivity contribution in [1.29, 1.82) is 0 Å². The minimum atomic E-state index is -0.0251. The van der Waals surface area contributed by atoms with Crippen LogP contribution < -0.4 is 5.32 Å². The molecule has 3 heterocycles. The van der Waals surface area contributed by atoms with E-state index >= 15 is 0 Å². The Morgan fingerprint density at radius 1 is 1.46 bits per heavy atom. The Balaban J connectivity index is 1.42. The molecule has 2 aromatic rings. The summed E-state index contributed by atoms with van der Waals surface area (Å²) in [5.74, 6) is 0.363. The second-order valence-electron chi connectivity index (χ2n) is 6.15. The van der Waals surface area contributed by atoms with Crippen LogP contribution in [-0.2, 0) is 4.74 Å². The van der Waals surface area contributed by atoms with Crippen LogP contribution in [0.15, 0.2) is 29.9 Å². The molecule has 2 aliphatic rings. The standard InChI is InChI=1S/C16H19N5O2S/c22-16(13-10-24-20-19-13)21-6-7-23-15-11(3-4-14(15)21)8-18-12-2-1-5-17-9-12/h1-2,5,9-11,14-15,18H,3-4,6-8H2/t11-,14+,15+/m0/s1. The van der Waals surface area contributed by atoms with Crippen molar-refractivity contribution in [2.75, 3.05) is 25.0 Å². The zero-order valence-electron chi connectivity index (χ0n) is 13.2. The van der Waals surface area contributed by atoms with Crippen LogP contribution in [-0.4, -0.2) is 57.2 Å². The molecular weight excluding hydrogens is 326 g/mol. The Morgan fingerprint density at radius 3 is 3.21 bits per heavy atom. The average molecular weight is 345 g/mol. The predicted octanol–water partition coefficient (Wildman–Crippen LogP) is 1.66. The van der Waals surface area contributed by atoms with Gasteiger partial charge in [-0.2, -0.15) is 0 Å². The maximum atomic E-state index is 12.6. The van der Waals surface area contributed by atoms with Gasteiger partial charge in [0.15, 0.2) is 5.69 Å². The molecule has 3 atom stereocenters. The average Bonchev–Trinajstić information content (AvgIpc) is 3.30. The number of anilines is 1. The maximum Gasteiger partial charge on any atom is 0.275 e. The van der Waals surface area contributed by atoms with Gasteiger partial charge in [0.1, 0.15) is 0 Å². The summed E-state index contributed by atoms with van der Waals surface area (Å²) in [6.07, 6.45) is 5.67. The van der Waals surface area contributed by atoms with Crippen molar-refractivity contribution in [3.05, 3.63) is 35.6 Å². The molecule has 1 N–H and O–H groups in total. The van der Waals surface area contributed by atoms with Gasteiger partial charge in [-0.3, -0.25) is 9.78 Å². The van der Waals surface area contributed by atoms with Crippen LogP contribution >= 0.6 is 11.5 Å². The first kappa shape index (κ1) is 15.5. The zero-order chi connectivity index (χ0) is 16.4. The lowest BCUT2D eigenvalue weighted by molar-refractivity contribution is -0.0603. The number of carbonyl (C=O) groups excluding carboxylic acids is 1. The molecule has 1 saturated heterocycles. The van der Waals surface area contributed by atoms with E-state index in [0.29, 0.717) is 24.8 Å². The summed E-state index contributed by atoms with van der Waals surface area (Å²) in [5.41, 5.74) is 1.45. The van der Waals surface area contributed by atoms with Gasteiger partial charge in [-0.25, -0.2) is 0 Å². The van der Waals surface area contributed by atoms with E-state index in [4.69, 9.17) is 4.74 Å². The molecule has 1 saturated carbocycles. The number of hydrogen-bond acceptors (Lipinski definition) is 7. The molecule has 24 heavy (non-hydrogen) atoms. The van der Waals surface area contributed by atoms with E-state index in [-0.39, 0.29) is 18.1 Å². The number of nitrogens with one attached hydrogen (secondary N) is 1. The molecule has 0 spiro atoms. The lowest BCUT2D eigenvalue weighted by atomic mass is 10.0. The third kappa shape index (κ3) is 2.99. The van der Waals surface area contributed by atoms with E-state index in [1.165, 1.54) is 11.5 Å². The fraction of sp³-hybridized carbons (Fsp3) is 0.500. The van der Waals surface area contributed by atoms with Gasteiger partial charge in [0.2, 0.25) is 0 Å². The number of rotatable bonds is 4. The molecule has 1 aliphatic heterocycles. The molecule has 0 aromatic carbocycles. The number of aromatic nitrogens is 3. The minimum Gasteiger partial charge on any atom is -0.383 e.